The first kappa shape index (κ1) is 15.9. The molecular weight excluding hydrogens is 271 g/mol. The third kappa shape index (κ3) is 3.60. The van der Waals surface area contributed by atoms with Gasteiger partial charge in [-0.25, -0.2) is 4.39 Å². The molecule has 2 unspecified atom stereocenters. The summed E-state index contributed by atoms with van der Waals surface area (Å²) >= 11 is 0. The van der Waals surface area contributed by atoms with E-state index in [2.05, 4.69) is 5.32 Å². The van der Waals surface area contributed by atoms with E-state index in [1.165, 1.54) is 4.90 Å². The summed E-state index contributed by atoms with van der Waals surface area (Å²) in [4.78, 5) is 13.7. The van der Waals surface area contributed by atoms with Gasteiger partial charge in [0.1, 0.15) is 0 Å². The maximum Gasteiger partial charge on any atom is 0.261 e. The zero-order valence-corrected chi connectivity index (χ0v) is 12.6. The maximum atomic E-state index is 14.5. The average Bonchev–Trinajstić information content (AvgIpc) is 2.92. The first-order chi connectivity index (χ1) is 9.96. The molecule has 0 aliphatic carbocycles. The normalized spacial score (nSPS) is 23.0. The zero-order valence-electron chi connectivity index (χ0n) is 12.6. The van der Waals surface area contributed by atoms with Gasteiger partial charge in [0.2, 0.25) is 5.67 Å². The molecule has 1 aliphatic heterocycles. The third-order valence-corrected chi connectivity index (χ3v) is 4.01. The Labute approximate surface area is 125 Å². The van der Waals surface area contributed by atoms with Crippen molar-refractivity contribution in [2.75, 3.05) is 26.2 Å². The highest BCUT2D eigenvalue weighted by molar-refractivity contribution is 5.86. The van der Waals surface area contributed by atoms with Gasteiger partial charge >= 0.3 is 0 Å². The van der Waals surface area contributed by atoms with Crippen LogP contribution in [0.4, 0.5) is 4.39 Å². The van der Waals surface area contributed by atoms with E-state index in [1.807, 2.05) is 31.2 Å². The zero-order chi connectivity index (χ0) is 15.5. The molecule has 21 heavy (non-hydrogen) atoms. The molecule has 0 spiro atoms. The van der Waals surface area contributed by atoms with Gasteiger partial charge in [-0.3, -0.25) is 4.79 Å². The lowest BCUT2D eigenvalue weighted by Gasteiger charge is -2.29. The molecule has 4 nitrogen and oxygen atoms in total. The monoisotopic (exact) mass is 294 g/mol. The summed E-state index contributed by atoms with van der Waals surface area (Å²) in [6, 6.07) is 7.49. The van der Waals surface area contributed by atoms with E-state index in [9.17, 15) is 14.3 Å². The van der Waals surface area contributed by atoms with Crippen LogP contribution in [-0.4, -0.2) is 47.8 Å². The second kappa shape index (κ2) is 6.54. The van der Waals surface area contributed by atoms with Crippen LogP contribution < -0.4 is 5.32 Å². The number of carbonyl (C=O) groups is 1. The fraction of sp³-hybridized carbons (Fsp3) is 0.562. The molecule has 1 amide bonds. The molecular formula is C16H23FN2O2. The lowest BCUT2D eigenvalue weighted by atomic mass is 10.0. The summed E-state index contributed by atoms with van der Waals surface area (Å²) in [5.41, 5.74) is 0.0154. The second-order valence-electron chi connectivity index (χ2n) is 5.66. The quantitative estimate of drug-likeness (QED) is 0.867. The van der Waals surface area contributed by atoms with Gasteiger partial charge in [-0.2, -0.15) is 0 Å². The highest BCUT2D eigenvalue weighted by Crippen LogP contribution is 2.24. The smallest absolute Gasteiger partial charge is 0.261 e. The lowest BCUT2D eigenvalue weighted by molar-refractivity contribution is -0.144. The number of alkyl halides is 1. The van der Waals surface area contributed by atoms with E-state index < -0.39 is 17.7 Å². The first-order valence-electron chi connectivity index (χ1n) is 7.40. The molecule has 0 aromatic heterocycles. The Hall–Kier alpha value is -1.46. The SMILES string of the molecule is CCN(CC(O)c1ccc(C)cc1)C(=O)C1(F)CCNC1. The van der Waals surface area contributed by atoms with Gasteiger partial charge in [0, 0.05) is 19.5 Å². The van der Waals surface area contributed by atoms with Crippen LogP contribution in [-0.2, 0) is 4.79 Å². The van der Waals surface area contributed by atoms with Gasteiger partial charge in [-0.05, 0) is 26.0 Å². The van der Waals surface area contributed by atoms with Gasteiger partial charge in [0.25, 0.3) is 5.91 Å². The summed E-state index contributed by atoms with van der Waals surface area (Å²) in [7, 11) is 0. The van der Waals surface area contributed by atoms with Crippen molar-refractivity contribution in [1.29, 1.82) is 0 Å². The molecule has 2 rings (SSSR count). The fourth-order valence-electron chi connectivity index (χ4n) is 2.59. The van der Waals surface area contributed by atoms with Gasteiger partial charge in [-0.15, -0.1) is 0 Å². The Balaban J connectivity index is 2.04. The van der Waals surface area contributed by atoms with Gasteiger partial charge in [0.05, 0.1) is 12.6 Å². The lowest BCUT2D eigenvalue weighted by Crippen LogP contribution is -2.48. The fourth-order valence-corrected chi connectivity index (χ4v) is 2.59. The molecule has 2 atom stereocenters. The molecule has 1 saturated heterocycles. The van der Waals surface area contributed by atoms with E-state index in [-0.39, 0.29) is 19.5 Å². The number of halogens is 1. The minimum absolute atomic E-state index is 0.0585. The number of nitrogens with one attached hydrogen (secondary N) is 1. The Morgan fingerprint density at radius 2 is 2.14 bits per heavy atom. The predicted molar refractivity (Wildman–Crippen MR) is 79.7 cm³/mol. The topological polar surface area (TPSA) is 52.6 Å². The number of aryl methyl sites for hydroxylation is 1. The summed E-state index contributed by atoms with van der Waals surface area (Å²) in [5, 5.41) is 13.1. The van der Waals surface area contributed by atoms with Crippen LogP contribution >= 0.6 is 0 Å². The van der Waals surface area contributed by atoms with Gasteiger partial charge in [-0.1, -0.05) is 29.8 Å². The van der Waals surface area contributed by atoms with Crippen molar-refractivity contribution < 1.29 is 14.3 Å². The van der Waals surface area contributed by atoms with Crippen molar-refractivity contribution in [2.45, 2.75) is 32.0 Å². The number of hydrogen-bond donors (Lipinski definition) is 2. The van der Waals surface area contributed by atoms with Crippen molar-refractivity contribution in [2.24, 2.45) is 0 Å². The highest BCUT2D eigenvalue weighted by atomic mass is 19.1. The van der Waals surface area contributed by atoms with Crippen LogP contribution in [0.5, 0.6) is 0 Å². The minimum atomic E-state index is -1.83. The van der Waals surface area contributed by atoms with Crippen LogP contribution in [0.15, 0.2) is 24.3 Å². The molecule has 0 radical (unpaired) electrons. The van der Waals surface area contributed by atoms with Gasteiger partial charge < -0.3 is 15.3 Å². The molecule has 0 bridgehead atoms. The maximum absolute atomic E-state index is 14.5. The molecule has 1 aliphatic rings. The Kier molecular flexibility index (Phi) is 4.96. The second-order valence-corrected chi connectivity index (χ2v) is 5.66. The number of likely N-dealkylation sites (N-methyl/N-ethyl adjacent to an activating group) is 1. The standard InChI is InChI=1S/C16H23FN2O2/c1-3-19(15(21)16(17)8-9-18-11-16)10-14(20)13-6-4-12(2)5-7-13/h4-7,14,18,20H,3,8-11H2,1-2H3. The number of benzene rings is 1. The average molecular weight is 294 g/mol. The van der Waals surface area contributed by atoms with Gasteiger partial charge in [0.15, 0.2) is 0 Å². The number of nitrogens with zero attached hydrogens (tertiary/aromatic N) is 1. The summed E-state index contributed by atoms with van der Waals surface area (Å²) in [5.74, 6) is -0.527. The van der Waals surface area contributed by atoms with Crippen molar-refractivity contribution in [3.63, 3.8) is 0 Å². The van der Waals surface area contributed by atoms with Crippen LogP contribution in [0.3, 0.4) is 0 Å². The number of hydrogen-bond acceptors (Lipinski definition) is 3. The molecule has 116 valence electrons. The van der Waals surface area contributed by atoms with Crippen LogP contribution in [0.2, 0.25) is 0 Å². The molecule has 0 saturated carbocycles. The van der Waals surface area contributed by atoms with E-state index in [0.29, 0.717) is 13.1 Å². The Morgan fingerprint density at radius 1 is 1.48 bits per heavy atom. The van der Waals surface area contributed by atoms with E-state index in [0.717, 1.165) is 11.1 Å². The predicted octanol–water partition coefficient (Wildman–Crippen LogP) is 1.58. The van der Waals surface area contributed by atoms with E-state index >= 15 is 0 Å². The number of amides is 1. The van der Waals surface area contributed by atoms with Crippen LogP contribution in [0.25, 0.3) is 0 Å². The summed E-state index contributed by atoms with van der Waals surface area (Å²) < 4.78 is 14.5. The van der Waals surface area contributed by atoms with Crippen LogP contribution in [0, 0.1) is 6.92 Å². The van der Waals surface area contributed by atoms with Crippen molar-refractivity contribution in [1.82, 2.24) is 10.2 Å². The number of carbonyl (C=O) groups excluding carboxylic acids is 1. The van der Waals surface area contributed by atoms with Crippen LogP contribution in [0.1, 0.15) is 30.6 Å². The molecule has 1 aromatic rings. The van der Waals surface area contributed by atoms with E-state index in [4.69, 9.17) is 0 Å². The van der Waals surface area contributed by atoms with Crippen molar-refractivity contribution in [3.8, 4) is 0 Å². The minimum Gasteiger partial charge on any atom is -0.387 e. The number of aliphatic hydroxyl groups excluding tert-OH is 1. The molecule has 5 heteroatoms. The number of rotatable bonds is 5. The first-order valence-corrected chi connectivity index (χ1v) is 7.40. The van der Waals surface area contributed by atoms with Crippen molar-refractivity contribution >= 4 is 5.91 Å². The Morgan fingerprint density at radius 3 is 2.67 bits per heavy atom. The Bertz CT molecular complexity index is 484. The molecule has 1 aromatic carbocycles. The summed E-state index contributed by atoms with van der Waals surface area (Å²) in [6.45, 7) is 4.84. The molecule has 1 fully saturated rings. The third-order valence-electron chi connectivity index (χ3n) is 4.01. The van der Waals surface area contributed by atoms with Crippen molar-refractivity contribution in [3.05, 3.63) is 35.4 Å². The molecule has 2 N–H and O–H groups in total. The molecule has 1 heterocycles. The van der Waals surface area contributed by atoms with E-state index in [1.54, 1.807) is 6.92 Å². The summed E-state index contributed by atoms with van der Waals surface area (Å²) in [6.07, 6.45) is -0.601. The number of aliphatic hydroxyl groups is 1. The highest BCUT2D eigenvalue weighted by Gasteiger charge is 2.44. The largest absolute Gasteiger partial charge is 0.387 e.